The number of carbonyl (C=O) groups excluding carboxylic acids is 16. The van der Waals surface area contributed by atoms with Crippen molar-refractivity contribution in [2.75, 3.05) is 36.9 Å². The van der Waals surface area contributed by atoms with E-state index in [2.05, 4.69) is 34.6 Å². The van der Waals surface area contributed by atoms with Crippen LogP contribution in [0.3, 0.4) is 0 Å². The van der Waals surface area contributed by atoms with Gasteiger partial charge in [-0.3, -0.25) is 81.7 Å². The van der Waals surface area contributed by atoms with Gasteiger partial charge in [0.15, 0.2) is 52.7 Å². The Morgan fingerprint density at radius 3 is 1.32 bits per heavy atom. The van der Waals surface area contributed by atoms with Gasteiger partial charge in [0, 0.05) is 137 Å². The van der Waals surface area contributed by atoms with Crippen molar-refractivity contribution < 1.29 is 121 Å². The molecule has 134 heavy (non-hydrogen) atoms. The monoisotopic (exact) mass is 1840 g/mol. The van der Waals surface area contributed by atoms with E-state index in [4.69, 9.17) is 24.7 Å². The molecule has 4 aromatic carbocycles. The Morgan fingerprint density at radius 2 is 0.918 bits per heavy atom. The number of amides is 9. The molecule has 32 nitrogen and oxygen atoms in total. The summed E-state index contributed by atoms with van der Waals surface area (Å²) in [5, 5.41) is 53.3. The van der Waals surface area contributed by atoms with Crippen LogP contribution in [-0.4, -0.2) is 203 Å². The third kappa shape index (κ3) is 18.4. The lowest BCUT2D eigenvalue weighted by molar-refractivity contribution is -0.201. The van der Waals surface area contributed by atoms with Gasteiger partial charge in [0.25, 0.3) is 35.4 Å². The molecule has 22 atom stereocenters. The summed E-state index contributed by atoms with van der Waals surface area (Å²) < 4.78 is 26.7. The number of nitrogens with two attached hydrogens (primary N) is 1. The summed E-state index contributed by atoms with van der Waals surface area (Å²) in [6.07, 6.45) is 16.2. The molecule has 9 fully saturated rings. The molecule has 9 N–H and O–H groups in total. The molecule has 5 heterocycles. The quantitative estimate of drug-likeness (QED) is 0.0250. The van der Waals surface area contributed by atoms with Gasteiger partial charge in [0.2, 0.25) is 17.7 Å². The molecule has 32 heteroatoms. The van der Waals surface area contributed by atoms with Gasteiger partial charge in [0.05, 0.1) is 42.9 Å². The summed E-state index contributed by atoms with van der Waals surface area (Å²) in [4.78, 5) is 201. The average Bonchev–Trinajstić information content (AvgIpc) is 1.51. The van der Waals surface area contributed by atoms with Crippen LogP contribution in [0.5, 0.6) is 0 Å². The van der Waals surface area contributed by atoms with Gasteiger partial charge in [-0.05, 0) is 173 Å². The molecule has 0 radical (unpaired) electrons. The number of hydrogen-bond acceptors (Lipinski definition) is 26. The van der Waals surface area contributed by atoms with Crippen molar-refractivity contribution in [1.82, 2.24) is 20.2 Å². The van der Waals surface area contributed by atoms with Crippen LogP contribution < -0.4 is 21.7 Å². The Labute approximate surface area is 774 Å². The summed E-state index contributed by atoms with van der Waals surface area (Å²) in [5.74, 6) is -7.74. The van der Waals surface area contributed by atoms with Crippen molar-refractivity contribution in [3.8, 4) is 0 Å². The van der Waals surface area contributed by atoms with Crippen LogP contribution in [-0.2, 0) is 113 Å². The highest BCUT2D eigenvalue weighted by molar-refractivity contribution is 6.14. The number of Topliss-reactive ketones (excluding diaryl/α,β-unsaturated/α-hetero) is 4. The van der Waals surface area contributed by atoms with Crippen molar-refractivity contribution in [3.63, 3.8) is 0 Å². The SMILES string of the molecule is C[C@H](CC(=O)[C@H](C)NC(=O)CCN1C(=O)C=CC1=O)C(=O)Nc1cccc(Cc2ccc([C@@H]3O[C@@H]4C[C@H]5[C@@H]6CCC7=CC(=O)C=C[C@]7(C)[C@H]6[C@@H](O)C[C@]5(C)[C@]4(C(=O)CO)O3)cc2)c1.C[C@H](N)C(=O)C[C@@H](C)C(=O)Nc1cccc(Cc2ccc([C@@H]3O[C@@H]4C[C@H]5[C@@H]6CCC7=CC(=O)C=C[C@]7(C)[C@H]6[C@@H](O)C[C@]5(C)[C@]4(C(=O)CO)O3)cc2)c1.O=C(CCN1C(=O)C=CC1=O)ON1C(=O)CCC1=O. The van der Waals surface area contributed by atoms with Crippen molar-refractivity contribution in [3.05, 3.63) is 202 Å². The number of rotatable bonds is 28. The number of nitrogens with one attached hydrogen (secondary N) is 3. The highest BCUT2D eigenvalue weighted by atomic mass is 16.8. The van der Waals surface area contributed by atoms with E-state index in [9.17, 15) is 97.1 Å². The lowest BCUT2D eigenvalue weighted by atomic mass is 9.46. The van der Waals surface area contributed by atoms with E-state index in [0.29, 0.717) is 55.0 Å². The minimum atomic E-state index is -1.45. The molecule has 17 rings (SSSR count). The van der Waals surface area contributed by atoms with Crippen molar-refractivity contribution in [2.24, 2.45) is 74.7 Å². The molecular formula is C102H115N7O25. The molecule has 9 amide bonds. The number of benzene rings is 4. The maximum absolute atomic E-state index is 13.9. The molecule has 0 bridgehead atoms. The zero-order chi connectivity index (χ0) is 96.2. The Bertz CT molecular complexity index is 5600. The lowest BCUT2D eigenvalue weighted by Gasteiger charge is -2.59. The molecule has 8 aliphatic carbocycles. The van der Waals surface area contributed by atoms with E-state index >= 15 is 0 Å². The summed E-state index contributed by atoms with van der Waals surface area (Å²) in [6.45, 7) is 13.1. The maximum Gasteiger partial charge on any atom is 0.335 e. The van der Waals surface area contributed by atoms with Gasteiger partial charge >= 0.3 is 5.97 Å². The van der Waals surface area contributed by atoms with E-state index in [1.807, 2.05) is 117 Å². The number of ketones is 6. The van der Waals surface area contributed by atoms with Gasteiger partial charge in [0.1, 0.15) is 19.0 Å². The summed E-state index contributed by atoms with van der Waals surface area (Å²) in [6, 6.07) is 29.0. The Morgan fingerprint density at radius 1 is 0.515 bits per heavy atom. The first kappa shape index (κ1) is 96.8. The second kappa shape index (κ2) is 38.6. The van der Waals surface area contributed by atoms with Crippen molar-refractivity contribution in [1.29, 1.82) is 0 Å². The molecule has 0 spiro atoms. The van der Waals surface area contributed by atoms with E-state index in [0.717, 1.165) is 104 Å². The second-order valence-electron chi connectivity index (χ2n) is 39.0. The number of nitrogens with zero attached hydrogens (tertiary/aromatic N) is 3. The normalized spacial score (nSPS) is 31.8. The van der Waals surface area contributed by atoms with Gasteiger partial charge in [-0.1, -0.05) is 138 Å². The largest absolute Gasteiger partial charge is 0.393 e. The first-order valence-electron chi connectivity index (χ1n) is 46.1. The first-order valence-corrected chi connectivity index (χ1v) is 46.1. The molecular weight excluding hydrogens is 1720 g/mol. The summed E-state index contributed by atoms with van der Waals surface area (Å²) in [7, 11) is 0. The minimum absolute atomic E-state index is 0.00717. The molecule has 6 saturated carbocycles. The van der Waals surface area contributed by atoms with Crippen LogP contribution >= 0.6 is 0 Å². The van der Waals surface area contributed by atoms with E-state index in [1.54, 1.807) is 51.1 Å². The van der Waals surface area contributed by atoms with E-state index in [1.165, 1.54) is 6.92 Å². The summed E-state index contributed by atoms with van der Waals surface area (Å²) >= 11 is 0. The number of hydroxylamine groups is 2. The molecule has 4 aromatic rings. The van der Waals surface area contributed by atoms with Crippen molar-refractivity contribution >= 4 is 105 Å². The van der Waals surface area contributed by atoms with Gasteiger partial charge < -0.3 is 65.9 Å². The minimum Gasteiger partial charge on any atom is -0.393 e. The highest BCUT2D eigenvalue weighted by Gasteiger charge is 2.78. The van der Waals surface area contributed by atoms with Crippen LogP contribution in [0.2, 0.25) is 0 Å². The number of hydrogen-bond donors (Lipinski definition) is 8. The molecule has 708 valence electrons. The highest BCUT2D eigenvalue weighted by Crippen LogP contribution is 2.73. The Balaban J connectivity index is 0.000000173. The molecule has 3 saturated heterocycles. The second-order valence-corrected chi connectivity index (χ2v) is 39.0. The van der Waals surface area contributed by atoms with Gasteiger partial charge in [-0.2, -0.15) is 0 Å². The average molecular weight is 1840 g/mol. The van der Waals surface area contributed by atoms with Crippen molar-refractivity contribution in [2.45, 2.75) is 218 Å². The van der Waals surface area contributed by atoms with Crippen LogP contribution in [0, 0.1) is 69.0 Å². The van der Waals surface area contributed by atoms with Crippen LogP contribution in [0.25, 0.3) is 0 Å². The number of anilines is 2. The fourth-order valence-electron chi connectivity index (χ4n) is 23.8. The molecule has 0 aromatic heterocycles. The first-order chi connectivity index (χ1) is 63.6. The van der Waals surface area contributed by atoms with Crippen LogP contribution in [0.1, 0.15) is 191 Å². The number of imide groups is 3. The number of fused-ring (bicyclic) bond motifs is 14. The summed E-state index contributed by atoms with van der Waals surface area (Å²) in [5.41, 5.74) is 9.03. The standard InChI is InChI=1S/C49H55N3O11.C42H50N2O8.C11H10N2O6/c1-27(20-37(55)28(2)50-41(58)17-19-52-42(59)14-15-43(52)60)45(61)51-33-7-5-6-30(22-33)21-29-8-10-31(11-9-29)46-62-40-24-36-35-13-12-32-23-34(54)16-18-47(32,3)44(35)38(56)25-48(36,4)49(40,63-46)39(57)26-53;1-23(16-33(47)24(2)43)38(50)44-29-7-5-6-26(18-29)17-25-8-10-27(11-9-25)39-51-36-20-32-31-13-12-28-19-30(46)14-15-40(28,3)37(31)34(48)21-41(32,4)42(36,52-39)35(49)22-45;14-7-1-2-8(15)12(7)6-5-11(18)19-13-9(16)3-4-10(13)17/h5-11,14-16,18,22-23,27-28,35-36,38,40,44,46,53,56H,12-13,17,19-21,24-26H2,1-4H3,(H,50,58)(H,51,61);5-11,14-15,18-19,23-24,31-32,34,36-37,39,45,48H,12-13,16-17,20-22,43H2,1-4H3,(H,44,50);1-2H,3-6H2/t27-,28+,35+,36+,38+,40-,44-,46-,47+,48+,49-;23-,24+,31+,32+,34+,36-,37-,39-,40+,41+,42-;/m11./s1. The lowest BCUT2D eigenvalue weighted by Crippen LogP contribution is -2.63. The fraction of sp³-hybridized carbons (Fsp3) is 0.490. The van der Waals surface area contributed by atoms with Crippen LogP contribution in [0.15, 0.2) is 169 Å². The smallest absolute Gasteiger partial charge is 0.335 e. The third-order valence-corrected chi connectivity index (χ3v) is 30.7. The number of allylic oxidation sites excluding steroid dienone is 8. The van der Waals surface area contributed by atoms with Gasteiger partial charge in [-0.15, -0.1) is 5.06 Å². The number of aliphatic hydroxyl groups excluding tert-OH is 4. The third-order valence-electron chi connectivity index (χ3n) is 30.7. The van der Waals surface area contributed by atoms with E-state index in [-0.39, 0.29) is 122 Å². The van der Waals surface area contributed by atoms with E-state index < -0.39 is 166 Å². The number of carbonyl (C=O) groups is 16. The van der Waals surface area contributed by atoms with Crippen LogP contribution in [0.4, 0.5) is 11.4 Å². The molecule has 5 aliphatic heterocycles. The number of ether oxygens (including phenoxy) is 4. The molecule has 0 unspecified atom stereocenters. The predicted octanol–water partition coefficient (Wildman–Crippen LogP) is 7.90. The zero-order valence-electron chi connectivity index (χ0n) is 76.2. The Kier molecular flexibility index (Phi) is 27.9. The predicted molar refractivity (Wildman–Crippen MR) is 479 cm³/mol. The zero-order valence-corrected chi connectivity index (χ0v) is 76.2. The Hall–Kier alpha value is -11.7. The number of aliphatic hydroxyl groups is 4. The van der Waals surface area contributed by atoms with Gasteiger partial charge in [-0.25, -0.2) is 4.79 Å². The fourth-order valence-corrected chi connectivity index (χ4v) is 23.8. The topological polar surface area (TPSA) is 472 Å². The maximum atomic E-state index is 13.9. The molecule has 13 aliphatic rings.